The number of hydrogen-bond donors (Lipinski definition) is 2. The molecule has 0 radical (unpaired) electrons. The van der Waals surface area contributed by atoms with Gasteiger partial charge >= 0.3 is 0 Å². The standard InChI is InChI=1S/C14H18N2O/c1-9-6-12(7-9)16-14(17)11-3-2-10-4-5-15-13(10)8-11/h2-3,8-9,12,15H,4-7H2,1H3,(H,16,17). The van der Waals surface area contributed by atoms with E-state index in [1.54, 1.807) is 0 Å². The summed E-state index contributed by atoms with van der Waals surface area (Å²) in [7, 11) is 0. The van der Waals surface area contributed by atoms with Gasteiger partial charge in [0, 0.05) is 23.8 Å². The molecular formula is C14H18N2O. The molecule has 1 aliphatic heterocycles. The zero-order chi connectivity index (χ0) is 11.8. The summed E-state index contributed by atoms with van der Waals surface area (Å²) in [5.74, 6) is 0.834. The summed E-state index contributed by atoms with van der Waals surface area (Å²) in [5.41, 5.74) is 3.22. The molecule has 0 bridgehead atoms. The van der Waals surface area contributed by atoms with Gasteiger partial charge in [-0.05, 0) is 42.9 Å². The molecule has 0 atom stereocenters. The monoisotopic (exact) mass is 230 g/mol. The fraction of sp³-hybridized carbons (Fsp3) is 0.500. The van der Waals surface area contributed by atoms with Gasteiger partial charge in [-0.1, -0.05) is 13.0 Å². The van der Waals surface area contributed by atoms with Crippen LogP contribution in [0.4, 0.5) is 5.69 Å². The summed E-state index contributed by atoms with van der Waals surface area (Å²) in [6, 6.07) is 6.36. The third-order valence-corrected chi connectivity index (χ3v) is 3.79. The van der Waals surface area contributed by atoms with E-state index in [1.165, 1.54) is 5.56 Å². The molecule has 3 heteroatoms. The van der Waals surface area contributed by atoms with E-state index in [1.807, 2.05) is 12.1 Å². The van der Waals surface area contributed by atoms with Crippen LogP contribution in [0.5, 0.6) is 0 Å². The van der Waals surface area contributed by atoms with E-state index in [2.05, 4.69) is 23.6 Å². The average Bonchev–Trinajstić information content (AvgIpc) is 2.73. The molecule has 0 aromatic heterocycles. The van der Waals surface area contributed by atoms with Crippen LogP contribution in [-0.2, 0) is 6.42 Å². The zero-order valence-corrected chi connectivity index (χ0v) is 10.1. The molecule has 1 saturated carbocycles. The van der Waals surface area contributed by atoms with Gasteiger partial charge in [-0.25, -0.2) is 0 Å². The number of hydrogen-bond acceptors (Lipinski definition) is 2. The lowest BCUT2D eigenvalue weighted by Crippen LogP contribution is -2.43. The Morgan fingerprint density at radius 2 is 2.24 bits per heavy atom. The minimum Gasteiger partial charge on any atom is -0.384 e. The molecule has 1 amide bonds. The van der Waals surface area contributed by atoms with Crippen LogP contribution in [0.2, 0.25) is 0 Å². The number of anilines is 1. The average molecular weight is 230 g/mol. The van der Waals surface area contributed by atoms with Gasteiger partial charge in [-0.15, -0.1) is 0 Å². The van der Waals surface area contributed by atoms with Crippen molar-refractivity contribution in [2.75, 3.05) is 11.9 Å². The molecule has 2 N–H and O–H groups in total. The van der Waals surface area contributed by atoms with E-state index < -0.39 is 0 Å². The van der Waals surface area contributed by atoms with E-state index in [4.69, 9.17) is 0 Å². The largest absolute Gasteiger partial charge is 0.384 e. The predicted octanol–water partition coefficient (Wildman–Crippen LogP) is 2.18. The molecule has 1 fully saturated rings. The van der Waals surface area contributed by atoms with Crippen LogP contribution in [0.1, 0.15) is 35.7 Å². The number of benzene rings is 1. The molecule has 1 heterocycles. The second-order valence-electron chi connectivity index (χ2n) is 5.30. The van der Waals surface area contributed by atoms with Gasteiger partial charge in [0.15, 0.2) is 0 Å². The third kappa shape index (κ3) is 2.02. The zero-order valence-electron chi connectivity index (χ0n) is 10.1. The van der Waals surface area contributed by atoms with Gasteiger partial charge in [-0.3, -0.25) is 4.79 Å². The summed E-state index contributed by atoms with van der Waals surface area (Å²) in [5, 5.41) is 6.39. The van der Waals surface area contributed by atoms with Gasteiger partial charge in [0.25, 0.3) is 5.91 Å². The van der Waals surface area contributed by atoms with Gasteiger partial charge in [0.05, 0.1) is 0 Å². The summed E-state index contributed by atoms with van der Waals surface area (Å²) in [4.78, 5) is 12.0. The first-order chi connectivity index (χ1) is 8.22. The molecule has 1 aliphatic carbocycles. The van der Waals surface area contributed by atoms with Crippen LogP contribution in [-0.4, -0.2) is 18.5 Å². The van der Waals surface area contributed by atoms with E-state index in [-0.39, 0.29) is 5.91 Å². The van der Waals surface area contributed by atoms with Crippen molar-refractivity contribution in [3.8, 4) is 0 Å². The topological polar surface area (TPSA) is 41.1 Å². The maximum atomic E-state index is 12.0. The normalized spacial score (nSPS) is 25.7. The van der Waals surface area contributed by atoms with Gasteiger partial charge in [-0.2, -0.15) is 0 Å². The van der Waals surface area contributed by atoms with Gasteiger partial charge in [0.1, 0.15) is 0 Å². The maximum Gasteiger partial charge on any atom is 0.251 e. The summed E-state index contributed by atoms with van der Waals surface area (Å²) < 4.78 is 0. The molecule has 3 rings (SSSR count). The highest BCUT2D eigenvalue weighted by atomic mass is 16.1. The quantitative estimate of drug-likeness (QED) is 0.817. The van der Waals surface area contributed by atoms with Crippen LogP contribution in [0.15, 0.2) is 18.2 Å². The number of amides is 1. The number of carbonyl (C=O) groups is 1. The Hall–Kier alpha value is -1.51. The molecular weight excluding hydrogens is 212 g/mol. The Morgan fingerprint density at radius 1 is 1.41 bits per heavy atom. The van der Waals surface area contributed by atoms with Crippen molar-refractivity contribution >= 4 is 11.6 Å². The Bertz CT molecular complexity index is 450. The van der Waals surface area contributed by atoms with Crippen LogP contribution < -0.4 is 10.6 Å². The molecule has 0 saturated heterocycles. The Balaban J connectivity index is 1.69. The van der Waals surface area contributed by atoms with E-state index in [9.17, 15) is 4.79 Å². The third-order valence-electron chi connectivity index (χ3n) is 3.79. The fourth-order valence-electron chi connectivity index (χ4n) is 2.72. The highest BCUT2D eigenvalue weighted by molar-refractivity contribution is 5.95. The molecule has 0 spiro atoms. The first-order valence-electron chi connectivity index (χ1n) is 6.40. The van der Waals surface area contributed by atoms with E-state index in [0.717, 1.165) is 43.0 Å². The van der Waals surface area contributed by atoms with Crippen LogP contribution >= 0.6 is 0 Å². The van der Waals surface area contributed by atoms with Crippen molar-refractivity contribution in [1.29, 1.82) is 0 Å². The molecule has 90 valence electrons. The first kappa shape index (κ1) is 10.6. The first-order valence-corrected chi connectivity index (χ1v) is 6.40. The Labute approximate surface area is 102 Å². The molecule has 1 aromatic carbocycles. The maximum absolute atomic E-state index is 12.0. The Morgan fingerprint density at radius 3 is 3.00 bits per heavy atom. The van der Waals surface area contributed by atoms with Crippen molar-refractivity contribution in [3.63, 3.8) is 0 Å². The number of fused-ring (bicyclic) bond motifs is 1. The SMILES string of the molecule is CC1CC(NC(=O)c2ccc3c(c2)NCC3)C1. The highest BCUT2D eigenvalue weighted by Crippen LogP contribution is 2.27. The molecule has 3 nitrogen and oxygen atoms in total. The van der Waals surface area contributed by atoms with E-state index >= 15 is 0 Å². The summed E-state index contributed by atoms with van der Waals surface area (Å²) in [6.07, 6.45) is 3.31. The lowest BCUT2D eigenvalue weighted by molar-refractivity contribution is 0.0896. The minimum absolute atomic E-state index is 0.0680. The number of rotatable bonds is 2. The van der Waals surface area contributed by atoms with E-state index in [0.29, 0.717) is 6.04 Å². The summed E-state index contributed by atoms with van der Waals surface area (Å²) in [6.45, 7) is 3.21. The Kier molecular flexibility index (Phi) is 2.54. The molecule has 17 heavy (non-hydrogen) atoms. The van der Waals surface area contributed by atoms with Gasteiger partial charge < -0.3 is 10.6 Å². The van der Waals surface area contributed by atoms with Crippen LogP contribution in [0.3, 0.4) is 0 Å². The van der Waals surface area contributed by atoms with Crippen molar-refractivity contribution in [2.24, 2.45) is 5.92 Å². The smallest absolute Gasteiger partial charge is 0.251 e. The lowest BCUT2D eigenvalue weighted by Gasteiger charge is -2.33. The fourth-order valence-corrected chi connectivity index (χ4v) is 2.72. The van der Waals surface area contributed by atoms with Gasteiger partial charge in [0.2, 0.25) is 0 Å². The van der Waals surface area contributed by atoms with Crippen LogP contribution in [0, 0.1) is 5.92 Å². The number of nitrogens with one attached hydrogen (secondary N) is 2. The molecule has 2 aliphatic rings. The van der Waals surface area contributed by atoms with Crippen molar-refractivity contribution in [1.82, 2.24) is 5.32 Å². The minimum atomic E-state index is 0.0680. The molecule has 1 aromatic rings. The van der Waals surface area contributed by atoms with Crippen molar-refractivity contribution < 1.29 is 4.79 Å². The second kappa shape index (κ2) is 4.06. The highest BCUT2D eigenvalue weighted by Gasteiger charge is 2.27. The lowest BCUT2D eigenvalue weighted by atomic mass is 9.82. The summed E-state index contributed by atoms with van der Waals surface area (Å²) >= 11 is 0. The second-order valence-corrected chi connectivity index (χ2v) is 5.30. The predicted molar refractivity (Wildman–Crippen MR) is 68.3 cm³/mol. The number of carbonyl (C=O) groups excluding carboxylic acids is 1. The van der Waals surface area contributed by atoms with Crippen molar-refractivity contribution in [2.45, 2.75) is 32.2 Å². The van der Waals surface area contributed by atoms with Crippen LogP contribution in [0.25, 0.3) is 0 Å². The van der Waals surface area contributed by atoms with Crippen molar-refractivity contribution in [3.05, 3.63) is 29.3 Å². The molecule has 0 unspecified atom stereocenters.